The molecule has 5 nitrogen and oxygen atoms in total. The van der Waals surface area contributed by atoms with Crippen LogP contribution in [0, 0.1) is 6.92 Å². The zero-order valence-electron chi connectivity index (χ0n) is 10.5. The van der Waals surface area contributed by atoms with Crippen molar-refractivity contribution >= 4 is 22.4 Å². The first-order valence-corrected chi connectivity index (χ1v) is 6.46. The third kappa shape index (κ3) is 2.89. The molecule has 0 radical (unpaired) electrons. The summed E-state index contributed by atoms with van der Waals surface area (Å²) in [5.74, 6) is 0.0513. The molecule has 2 aromatic heterocycles. The Bertz CT molecular complexity index is 565. The van der Waals surface area contributed by atoms with Crippen LogP contribution in [0.5, 0.6) is 0 Å². The first kappa shape index (κ1) is 12.6. The van der Waals surface area contributed by atoms with Crippen LogP contribution in [0.4, 0.5) is 5.13 Å². The van der Waals surface area contributed by atoms with E-state index < -0.39 is 0 Å². The lowest BCUT2D eigenvalue weighted by Crippen LogP contribution is -2.13. The molecule has 0 fully saturated rings. The van der Waals surface area contributed by atoms with Gasteiger partial charge in [-0.3, -0.25) is 10.1 Å². The van der Waals surface area contributed by atoms with Crippen molar-refractivity contribution in [2.45, 2.75) is 26.7 Å². The molecule has 18 heavy (non-hydrogen) atoms. The maximum atomic E-state index is 11.9. The molecule has 0 aliphatic rings. The smallest absolute Gasteiger partial charge is 0.276 e. The van der Waals surface area contributed by atoms with Crippen molar-refractivity contribution in [2.24, 2.45) is 0 Å². The SMILES string of the molecule is Cc1cccc(C(=O)Nc2nnc(C(C)C)s2)n1. The van der Waals surface area contributed by atoms with Crippen molar-refractivity contribution in [1.29, 1.82) is 0 Å². The molecule has 0 saturated carbocycles. The van der Waals surface area contributed by atoms with Crippen molar-refractivity contribution in [3.05, 3.63) is 34.6 Å². The van der Waals surface area contributed by atoms with Gasteiger partial charge < -0.3 is 0 Å². The Morgan fingerprint density at radius 2 is 2.11 bits per heavy atom. The van der Waals surface area contributed by atoms with Gasteiger partial charge in [0.1, 0.15) is 10.7 Å². The molecule has 2 heterocycles. The fourth-order valence-electron chi connectivity index (χ4n) is 1.35. The molecular formula is C12H14N4OS. The standard InChI is InChI=1S/C12H14N4OS/c1-7(2)11-15-16-12(18-11)14-10(17)9-6-4-5-8(3)13-9/h4-7H,1-3H3,(H,14,16,17). The second kappa shape index (κ2) is 5.22. The van der Waals surface area contributed by atoms with Crippen molar-refractivity contribution in [2.75, 3.05) is 5.32 Å². The summed E-state index contributed by atoms with van der Waals surface area (Å²) in [7, 11) is 0. The van der Waals surface area contributed by atoms with Crippen LogP contribution < -0.4 is 5.32 Å². The quantitative estimate of drug-likeness (QED) is 0.923. The van der Waals surface area contributed by atoms with Crippen molar-refractivity contribution in [3.63, 3.8) is 0 Å². The number of aryl methyl sites for hydroxylation is 1. The predicted octanol–water partition coefficient (Wildman–Crippen LogP) is 2.62. The number of pyridine rings is 1. The maximum absolute atomic E-state index is 11.9. The van der Waals surface area contributed by atoms with Gasteiger partial charge in [-0.2, -0.15) is 0 Å². The van der Waals surface area contributed by atoms with Gasteiger partial charge in [0.25, 0.3) is 5.91 Å². The van der Waals surface area contributed by atoms with E-state index in [-0.39, 0.29) is 5.91 Å². The molecule has 1 amide bonds. The summed E-state index contributed by atoms with van der Waals surface area (Å²) in [6.45, 7) is 5.92. The van der Waals surface area contributed by atoms with E-state index in [1.807, 2.05) is 26.8 Å². The van der Waals surface area contributed by atoms with Crippen LogP contribution >= 0.6 is 11.3 Å². The van der Waals surface area contributed by atoms with E-state index in [4.69, 9.17) is 0 Å². The average molecular weight is 262 g/mol. The fourth-order valence-corrected chi connectivity index (χ4v) is 2.09. The molecule has 0 aliphatic carbocycles. The summed E-state index contributed by atoms with van der Waals surface area (Å²) in [4.78, 5) is 16.1. The maximum Gasteiger partial charge on any atom is 0.276 e. The molecule has 0 spiro atoms. The summed E-state index contributed by atoms with van der Waals surface area (Å²) in [6.07, 6.45) is 0. The minimum atomic E-state index is -0.259. The van der Waals surface area contributed by atoms with Crippen molar-refractivity contribution in [3.8, 4) is 0 Å². The summed E-state index contributed by atoms with van der Waals surface area (Å²) in [5.41, 5.74) is 1.19. The van der Waals surface area contributed by atoms with Crippen LogP contribution in [0.2, 0.25) is 0 Å². The van der Waals surface area contributed by atoms with Crippen LogP contribution in [0.1, 0.15) is 41.0 Å². The molecule has 0 atom stereocenters. The predicted molar refractivity (Wildman–Crippen MR) is 70.9 cm³/mol. The summed E-state index contributed by atoms with van der Waals surface area (Å²) >= 11 is 1.39. The zero-order chi connectivity index (χ0) is 13.1. The molecule has 1 N–H and O–H groups in total. The molecule has 0 bridgehead atoms. The lowest BCUT2D eigenvalue weighted by molar-refractivity contribution is 0.102. The molecule has 0 unspecified atom stereocenters. The van der Waals surface area contributed by atoms with Crippen molar-refractivity contribution < 1.29 is 4.79 Å². The average Bonchev–Trinajstić information content (AvgIpc) is 2.77. The number of anilines is 1. The third-order valence-corrected chi connectivity index (χ3v) is 3.42. The minimum Gasteiger partial charge on any atom is -0.295 e. The number of hydrogen-bond donors (Lipinski definition) is 1. The highest BCUT2D eigenvalue weighted by Crippen LogP contribution is 2.22. The second-order valence-corrected chi connectivity index (χ2v) is 5.23. The van der Waals surface area contributed by atoms with Gasteiger partial charge in [0.2, 0.25) is 5.13 Å². The number of carbonyl (C=O) groups excluding carboxylic acids is 1. The largest absolute Gasteiger partial charge is 0.295 e. The first-order chi connectivity index (χ1) is 8.56. The van der Waals surface area contributed by atoms with E-state index in [1.54, 1.807) is 12.1 Å². The van der Waals surface area contributed by atoms with Gasteiger partial charge in [-0.25, -0.2) is 4.98 Å². The van der Waals surface area contributed by atoms with Gasteiger partial charge in [0, 0.05) is 11.6 Å². The monoisotopic (exact) mass is 262 g/mol. The second-order valence-electron chi connectivity index (χ2n) is 4.22. The van der Waals surface area contributed by atoms with Crippen LogP contribution in [-0.2, 0) is 0 Å². The van der Waals surface area contributed by atoms with Gasteiger partial charge in [0.05, 0.1) is 0 Å². The number of nitrogens with one attached hydrogen (secondary N) is 1. The van der Waals surface area contributed by atoms with Gasteiger partial charge in [-0.1, -0.05) is 31.3 Å². The van der Waals surface area contributed by atoms with Crippen LogP contribution in [0.3, 0.4) is 0 Å². The van der Waals surface area contributed by atoms with E-state index in [1.165, 1.54) is 11.3 Å². The van der Waals surface area contributed by atoms with E-state index in [0.29, 0.717) is 16.7 Å². The van der Waals surface area contributed by atoms with Crippen LogP contribution in [-0.4, -0.2) is 21.1 Å². The molecule has 2 aromatic rings. The molecule has 2 rings (SSSR count). The Kier molecular flexibility index (Phi) is 3.66. The van der Waals surface area contributed by atoms with E-state index in [9.17, 15) is 4.79 Å². The Hall–Kier alpha value is -1.82. The lowest BCUT2D eigenvalue weighted by Gasteiger charge is -2.01. The van der Waals surface area contributed by atoms with Crippen LogP contribution in [0.15, 0.2) is 18.2 Å². The lowest BCUT2D eigenvalue weighted by atomic mass is 10.2. The Balaban J connectivity index is 2.11. The van der Waals surface area contributed by atoms with E-state index in [2.05, 4.69) is 20.5 Å². The third-order valence-electron chi connectivity index (χ3n) is 2.28. The number of hydrogen-bond acceptors (Lipinski definition) is 5. The van der Waals surface area contributed by atoms with Crippen LogP contribution in [0.25, 0.3) is 0 Å². The number of carbonyl (C=O) groups is 1. The Morgan fingerprint density at radius 1 is 1.33 bits per heavy atom. The molecular weight excluding hydrogens is 248 g/mol. The highest BCUT2D eigenvalue weighted by atomic mass is 32.1. The molecule has 94 valence electrons. The van der Waals surface area contributed by atoms with Gasteiger partial charge in [-0.05, 0) is 19.1 Å². The molecule has 0 saturated heterocycles. The summed E-state index contributed by atoms with van der Waals surface area (Å²) in [5, 5.41) is 12.1. The van der Waals surface area contributed by atoms with Gasteiger partial charge >= 0.3 is 0 Å². The highest BCUT2D eigenvalue weighted by molar-refractivity contribution is 7.15. The number of aromatic nitrogens is 3. The summed E-state index contributed by atoms with van der Waals surface area (Å²) < 4.78 is 0. The van der Waals surface area contributed by atoms with Gasteiger partial charge in [0.15, 0.2) is 0 Å². The number of nitrogens with zero attached hydrogens (tertiary/aromatic N) is 3. The highest BCUT2D eigenvalue weighted by Gasteiger charge is 2.12. The van der Waals surface area contributed by atoms with E-state index >= 15 is 0 Å². The topological polar surface area (TPSA) is 67.8 Å². The molecule has 6 heteroatoms. The first-order valence-electron chi connectivity index (χ1n) is 5.64. The van der Waals surface area contributed by atoms with E-state index in [0.717, 1.165) is 10.7 Å². The van der Waals surface area contributed by atoms with Crippen molar-refractivity contribution in [1.82, 2.24) is 15.2 Å². The Labute approximate surface area is 109 Å². The molecule has 0 aliphatic heterocycles. The summed E-state index contributed by atoms with van der Waals surface area (Å²) in [6, 6.07) is 5.32. The molecule has 0 aromatic carbocycles. The zero-order valence-corrected chi connectivity index (χ0v) is 11.3. The number of rotatable bonds is 3. The number of amides is 1. The van der Waals surface area contributed by atoms with Gasteiger partial charge in [-0.15, -0.1) is 10.2 Å². The fraction of sp³-hybridized carbons (Fsp3) is 0.333. The minimum absolute atomic E-state index is 0.259. The normalized spacial score (nSPS) is 10.7. The Morgan fingerprint density at radius 3 is 2.72 bits per heavy atom.